The number of nitrogens with one attached hydrogen (secondary N) is 1. The lowest BCUT2D eigenvalue weighted by atomic mass is 10.3. The Kier molecular flexibility index (Phi) is 4.17. The van der Waals surface area contributed by atoms with Crippen LogP contribution in [0.1, 0.15) is 24.0 Å². The van der Waals surface area contributed by atoms with E-state index < -0.39 is 0 Å². The summed E-state index contributed by atoms with van der Waals surface area (Å²) >= 11 is 1.62. The number of hydrogen-bond acceptors (Lipinski definition) is 5. The van der Waals surface area contributed by atoms with Gasteiger partial charge in [0.1, 0.15) is 10.0 Å². The van der Waals surface area contributed by atoms with Gasteiger partial charge in [-0.25, -0.2) is 0 Å². The number of aryl methyl sites for hydroxylation is 1. The van der Waals surface area contributed by atoms with Crippen LogP contribution in [0.25, 0.3) is 10.6 Å². The number of hydrogen-bond donors (Lipinski definition) is 1. The molecule has 2 aromatic rings. The second kappa shape index (κ2) is 5.84. The molecule has 0 radical (unpaired) electrons. The molecule has 2 heterocycles. The molecule has 0 bridgehead atoms. The zero-order chi connectivity index (χ0) is 12.1. The number of pyridine rings is 1. The van der Waals surface area contributed by atoms with Crippen molar-refractivity contribution in [1.82, 2.24) is 20.5 Å². The van der Waals surface area contributed by atoms with Crippen molar-refractivity contribution >= 4 is 11.3 Å². The largest absolute Gasteiger partial charge is 0.310 e. The normalized spacial score (nSPS) is 10.7. The van der Waals surface area contributed by atoms with Crippen LogP contribution in [0.4, 0.5) is 0 Å². The van der Waals surface area contributed by atoms with Gasteiger partial charge in [0, 0.05) is 24.0 Å². The molecule has 5 heteroatoms. The second-order valence-corrected chi connectivity index (χ2v) is 4.93. The monoisotopic (exact) mass is 248 g/mol. The van der Waals surface area contributed by atoms with Crippen LogP contribution in [0.15, 0.2) is 18.3 Å². The number of aromatic nitrogens is 3. The molecule has 0 spiro atoms. The Balaban J connectivity index is 2.04. The molecule has 0 aliphatic rings. The molecule has 0 saturated carbocycles. The summed E-state index contributed by atoms with van der Waals surface area (Å²) in [5.74, 6) is 0. The van der Waals surface area contributed by atoms with E-state index in [1.807, 2.05) is 25.3 Å². The van der Waals surface area contributed by atoms with Crippen molar-refractivity contribution in [3.8, 4) is 10.6 Å². The molecular formula is C12H16N4S. The third-order valence-corrected chi connectivity index (χ3v) is 3.30. The maximum atomic E-state index is 4.26. The van der Waals surface area contributed by atoms with E-state index >= 15 is 0 Å². The zero-order valence-electron chi connectivity index (χ0n) is 10.1. The van der Waals surface area contributed by atoms with Crippen LogP contribution in [-0.4, -0.2) is 21.7 Å². The lowest BCUT2D eigenvalue weighted by molar-refractivity contribution is 0.668. The van der Waals surface area contributed by atoms with Crippen molar-refractivity contribution in [3.63, 3.8) is 0 Å². The first-order valence-corrected chi connectivity index (χ1v) is 6.57. The molecule has 0 aliphatic carbocycles. The maximum absolute atomic E-state index is 4.26. The molecule has 0 atom stereocenters. The van der Waals surface area contributed by atoms with Crippen molar-refractivity contribution in [2.75, 3.05) is 6.54 Å². The highest BCUT2D eigenvalue weighted by Crippen LogP contribution is 2.22. The van der Waals surface area contributed by atoms with E-state index in [1.165, 1.54) is 0 Å². The van der Waals surface area contributed by atoms with Gasteiger partial charge in [0.05, 0.1) is 0 Å². The fourth-order valence-electron chi connectivity index (χ4n) is 1.41. The Labute approximate surface area is 105 Å². The summed E-state index contributed by atoms with van der Waals surface area (Å²) < 4.78 is 0. The first-order chi connectivity index (χ1) is 8.29. The summed E-state index contributed by atoms with van der Waals surface area (Å²) in [6, 6.07) is 4.03. The van der Waals surface area contributed by atoms with Gasteiger partial charge in [-0.15, -0.1) is 10.2 Å². The van der Waals surface area contributed by atoms with Crippen LogP contribution >= 0.6 is 11.3 Å². The van der Waals surface area contributed by atoms with Gasteiger partial charge in [-0.2, -0.15) is 0 Å². The summed E-state index contributed by atoms with van der Waals surface area (Å²) in [6.07, 6.45) is 2.98. The quantitative estimate of drug-likeness (QED) is 0.826. The average molecular weight is 248 g/mol. The topological polar surface area (TPSA) is 50.7 Å². The van der Waals surface area contributed by atoms with Crippen molar-refractivity contribution in [2.45, 2.75) is 26.8 Å². The van der Waals surface area contributed by atoms with Gasteiger partial charge in [-0.3, -0.25) is 4.98 Å². The Morgan fingerprint density at radius 2 is 2.18 bits per heavy atom. The van der Waals surface area contributed by atoms with Gasteiger partial charge in [0.15, 0.2) is 0 Å². The highest BCUT2D eigenvalue weighted by Gasteiger charge is 2.06. The van der Waals surface area contributed by atoms with E-state index in [0.29, 0.717) is 0 Å². The van der Waals surface area contributed by atoms with Crippen LogP contribution in [0.5, 0.6) is 0 Å². The van der Waals surface area contributed by atoms with Crippen LogP contribution in [0, 0.1) is 6.92 Å². The van der Waals surface area contributed by atoms with Crippen molar-refractivity contribution in [3.05, 3.63) is 29.0 Å². The Morgan fingerprint density at radius 3 is 2.88 bits per heavy atom. The van der Waals surface area contributed by atoms with E-state index in [1.54, 1.807) is 11.3 Å². The minimum atomic E-state index is 0.796. The summed E-state index contributed by atoms with van der Waals surface area (Å²) in [7, 11) is 0. The highest BCUT2D eigenvalue weighted by molar-refractivity contribution is 7.14. The van der Waals surface area contributed by atoms with E-state index in [4.69, 9.17) is 0 Å². The minimum absolute atomic E-state index is 0.796. The Hall–Kier alpha value is -1.33. The third kappa shape index (κ3) is 3.31. The molecule has 4 nitrogen and oxygen atoms in total. The molecule has 0 aromatic carbocycles. The van der Waals surface area contributed by atoms with Crippen LogP contribution in [0.2, 0.25) is 0 Å². The van der Waals surface area contributed by atoms with E-state index in [-0.39, 0.29) is 0 Å². The number of nitrogens with zero attached hydrogens (tertiary/aromatic N) is 3. The fraction of sp³-hybridized carbons (Fsp3) is 0.417. The molecule has 17 heavy (non-hydrogen) atoms. The molecule has 0 saturated heterocycles. The van der Waals surface area contributed by atoms with Gasteiger partial charge >= 0.3 is 0 Å². The molecular weight excluding hydrogens is 232 g/mol. The lowest BCUT2D eigenvalue weighted by Gasteiger charge is -1.97. The predicted molar refractivity (Wildman–Crippen MR) is 69.9 cm³/mol. The summed E-state index contributed by atoms with van der Waals surface area (Å²) in [4.78, 5) is 4.26. The fourth-order valence-corrected chi connectivity index (χ4v) is 2.21. The van der Waals surface area contributed by atoms with E-state index in [2.05, 4.69) is 27.4 Å². The molecule has 0 aliphatic heterocycles. The number of rotatable bonds is 5. The molecule has 90 valence electrons. The molecule has 0 unspecified atom stereocenters. The smallest absolute Gasteiger partial charge is 0.149 e. The molecule has 0 amide bonds. The molecule has 2 aromatic heterocycles. The van der Waals surface area contributed by atoms with Crippen LogP contribution in [0.3, 0.4) is 0 Å². The summed E-state index contributed by atoms with van der Waals surface area (Å²) in [6.45, 7) is 5.94. The van der Waals surface area contributed by atoms with Crippen molar-refractivity contribution < 1.29 is 0 Å². The van der Waals surface area contributed by atoms with Crippen molar-refractivity contribution in [1.29, 1.82) is 0 Å². The van der Waals surface area contributed by atoms with E-state index in [0.717, 1.165) is 40.8 Å². The Morgan fingerprint density at radius 1 is 1.29 bits per heavy atom. The SMILES string of the molecule is CCCNCc1nnc(-c2ccc(C)nc2)s1. The van der Waals surface area contributed by atoms with Gasteiger partial charge in [0.2, 0.25) is 0 Å². The first kappa shape index (κ1) is 12.1. The first-order valence-electron chi connectivity index (χ1n) is 5.75. The lowest BCUT2D eigenvalue weighted by Crippen LogP contribution is -2.13. The van der Waals surface area contributed by atoms with Crippen LogP contribution in [-0.2, 0) is 6.54 Å². The highest BCUT2D eigenvalue weighted by atomic mass is 32.1. The van der Waals surface area contributed by atoms with Crippen LogP contribution < -0.4 is 5.32 Å². The van der Waals surface area contributed by atoms with E-state index in [9.17, 15) is 0 Å². The Bertz CT molecular complexity index is 464. The second-order valence-electron chi connectivity index (χ2n) is 3.87. The maximum Gasteiger partial charge on any atom is 0.149 e. The molecule has 1 N–H and O–H groups in total. The summed E-state index contributed by atoms with van der Waals surface area (Å²) in [5.41, 5.74) is 2.05. The van der Waals surface area contributed by atoms with Gasteiger partial charge in [-0.1, -0.05) is 18.3 Å². The standard InChI is InChI=1S/C12H16N4S/c1-3-6-13-8-11-15-16-12(17-11)10-5-4-9(2)14-7-10/h4-5,7,13H,3,6,8H2,1-2H3. The minimum Gasteiger partial charge on any atom is -0.310 e. The predicted octanol–water partition coefficient (Wildman–Crippen LogP) is 2.41. The molecule has 0 fully saturated rings. The zero-order valence-corrected chi connectivity index (χ0v) is 10.9. The third-order valence-electron chi connectivity index (χ3n) is 2.33. The average Bonchev–Trinajstić information content (AvgIpc) is 2.79. The van der Waals surface area contributed by atoms with Gasteiger partial charge < -0.3 is 5.32 Å². The molecule has 2 rings (SSSR count). The van der Waals surface area contributed by atoms with Gasteiger partial charge in [-0.05, 0) is 32.0 Å². The van der Waals surface area contributed by atoms with Crippen molar-refractivity contribution in [2.24, 2.45) is 0 Å². The summed E-state index contributed by atoms with van der Waals surface area (Å²) in [5, 5.41) is 13.6. The van der Waals surface area contributed by atoms with Gasteiger partial charge in [0.25, 0.3) is 0 Å².